The Labute approximate surface area is 158 Å². The summed E-state index contributed by atoms with van der Waals surface area (Å²) in [5, 5.41) is 2.94. The van der Waals surface area contributed by atoms with Crippen LogP contribution in [0.2, 0.25) is 5.02 Å². The first-order chi connectivity index (χ1) is 12.2. The first-order valence-electron chi connectivity index (χ1n) is 7.88. The molecule has 2 N–H and O–H groups in total. The van der Waals surface area contributed by atoms with E-state index in [-0.39, 0.29) is 9.92 Å². The molecule has 2 aromatic carbocycles. The van der Waals surface area contributed by atoms with Crippen molar-refractivity contribution in [2.45, 2.75) is 31.7 Å². The second-order valence-electron chi connectivity index (χ2n) is 5.90. The topological polar surface area (TPSA) is 84.5 Å². The van der Waals surface area contributed by atoms with Gasteiger partial charge in [-0.2, -0.15) is 4.72 Å². The summed E-state index contributed by atoms with van der Waals surface area (Å²) in [5.74, 6) is -0.0861. The molecule has 0 saturated carbocycles. The van der Waals surface area contributed by atoms with E-state index in [0.717, 1.165) is 11.1 Å². The van der Waals surface area contributed by atoms with Gasteiger partial charge in [-0.3, -0.25) is 4.79 Å². The number of carbonyl (C=O) groups is 1. The van der Waals surface area contributed by atoms with Crippen molar-refractivity contribution in [2.75, 3.05) is 12.4 Å². The van der Waals surface area contributed by atoms with Gasteiger partial charge in [0.05, 0.1) is 23.1 Å². The minimum atomic E-state index is -3.92. The van der Waals surface area contributed by atoms with Gasteiger partial charge in [-0.15, -0.1) is 0 Å². The molecule has 1 amide bonds. The molecule has 0 aromatic heterocycles. The molecule has 2 rings (SSSR count). The lowest BCUT2D eigenvalue weighted by Crippen LogP contribution is -2.41. The van der Waals surface area contributed by atoms with E-state index < -0.39 is 22.0 Å². The number of rotatable bonds is 6. The van der Waals surface area contributed by atoms with Gasteiger partial charge in [0.2, 0.25) is 15.9 Å². The lowest BCUT2D eigenvalue weighted by atomic mass is 10.1. The largest absolute Gasteiger partial charge is 0.495 e. The van der Waals surface area contributed by atoms with Gasteiger partial charge in [0.15, 0.2) is 0 Å². The normalized spacial score (nSPS) is 12.5. The Morgan fingerprint density at radius 3 is 2.31 bits per heavy atom. The number of anilines is 1. The zero-order valence-corrected chi connectivity index (χ0v) is 16.5. The van der Waals surface area contributed by atoms with Crippen molar-refractivity contribution in [3.05, 3.63) is 52.5 Å². The molecular formula is C18H21ClN2O4S. The summed E-state index contributed by atoms with van der Waals surface area (Å²) in [6, 6.07) is 8.76. The molecule has 0 aliphatic rings. The maximum Gasteiger partial charge on any atom is 0.242 e. The number of aryl methyl sites for hydroxylation is 2. The van der Waals surface area contributed by atoms with E-state index >= 15 is 0 Å². The minimum absolute atomic E-state index is 0.0463. The number of methoxy groups -OCH3 is 1. The van der Waals surface area contributed by atoms with Crippen molar-refractivity contribution in [1.82, 2.24) is 4.72 Å². The Morgan fingerprint density at radius 1 is 1.15 bits per heavy atom. The summed E-state index contributed by atoms with van der Waals surface area (Å²) in [7, 11) is -2.48. The highest BCUT2D eigenvalue weighted by Crippen LogP contribution is 2.27. The van der Waals surface area contributed by atoms with Crippen LogP contribution in [0.25, 0.3) is 0 Å². The monoisotopic (exact) mass is 396 g/mol. The minimum Gasteiger partial charge on any atom is -0.495 e. The van der Waals surface area contributed by atoms with Crippen molar-refractivity contribution in [3.63, 3.8) is 0 Å². The molecule has 2 aromatic rings. The molecular weight excluding hydrogens is 376 g/mol. The van der Waals surface area contributed by atoms with Gasteiger partial charge in [0.1, 0.15) is 5.75 Å². The summed E-state index contributed by atoms with van der Waals surface area (Å²) in [4.78, 5) is 12.4. The lowest BCUT2D eigenvalue weighted by molar-refractivity contribution is -0.117. The number of carbonyl (C=O) groups excluding carboxylic acids is 1. The van der Waals surface area contributed by atoms with E-state index in [2.05, 4.69) is 10.0 Å². The number of hydrogen-bond donors (Lipinski definition) is 2. The van der Waals surface area contributed by atoms with Crippen molar-refractivity contribution in [2.24, 2.45) is 0 Å². The number of para-hydroxylation sites is 1. The third kappa shape index (κ3) is 4.55. The Kier molecular flexibility index (Phi) is 6.28. The molecule has 0 fully saturated rings. The quantitative estimate of drug-likeness (QED) is 0.784. The van der Waals surface area contributed by atoms with Crippen LogP contribution in [-0.2, 0) is 14.8 Å². The SMILES string of the molecule is COc1ccc(S(=O)(=O)N[C@H](C)C(=O)Nc2c(C)cccc2C)cc1Cl. The van der Waals surface area contributed by atoms with E-state index in [1.165, 1.54) is 32.2 Å². The van der Waals surface area contributed by atoms with E-state index in [0.29, 0.717) is 11.4 Å². The van der Waals surface area contributed by atoms with Crippen molar-refractivity contribution >= 4 is 33.2 Å². The molecule has 0 aliphatic heterocycles. The van der Waals surface area contributed by atoms with Crippen LogP contribution in [-0.4, -0.2) is 27.5 Å². The Hall–Kier alpha value is -2.09. The average molecular weight is 397 g/mol. The fourth-order valence-corrected chi connectivity index (χ4v) is 3.96. The summed E-state index contributed by atoms with van der Waals surface area (Å²) >= 11 is 5.98. The van der Waals surface area contributed by atoms with Crippen LogP contribution in [0.5, 0.6) is 5.75 Å². The van der Waals surface area contributed by atoms with Crippen molar-refractivity contribution < 1.29 is 17.9 Å². The van der Waals surface area contributed by atoms with Gasteiger partial charge in [-0.05, 0) is 50.1 Å². The molecule has 0 saturated heterocycles. The molecule has 8 heteroatoms. The Morgan fingerprint density at radius 2 is 1.77 bits per heavy atom. The fourth-order valence-electron chi connectivity index (χ4n) is 2.41. The van der Waals surface area contributed by atoms with Crippen LogP contribution in [0.1, 0.15) is 18.1 Å². The molecule has 6 nitrogen and oxygen atoms in total. The number of halogens is 1. The van der Waals surface area contributed by atoms with Crippen LogP contribution >= 0.6 is 11.6 Å². The van der Waals surface area contributed by atoms with E-state index in [4.69, 9.17) is 16.3 Å². The highest BCUT2D eigenvalue weighted by Gasteiger charge is 2.23. The number of ether oxygens (including phenoxy) is 1. The van der Waals surface area contributed by atoms with Crippen LogP contribution in [0, 0.1) is 13.8 Å². The third-order valence-corrected chi connectivity index (χ3v) is 5.72. The van der Waals surface area contributed by atoms with E-state index in [9.17, 15) is 13.2 Å². The molecule has 1 atom stereocenters. The van der Waals surface area contributed by atoms with Gasteiger partial charge >= 0.3 is 0 Å². The maximum atomic E-state index is 12.5. The number of hydrogen-bond acceptors (Lipinski definition) is 4. The van der Waals surface area contributed by atoms with Gasteiger partial charge in [0, 0.05) is 5.69 Å². The summed E-state index contributed by atoms with van der Waals surface area (Å²) < 4.78 is 32.4. The molecule has 0 unspecified atom stereocenters. The molecule has 0 radical (unpaired) electrons. The van der Waals surface area contributed by atoms with E-state index in [1.54, 1.807) is 0 Å². The maximum absolute atomic E-state index is 12.5. The average Bonchev–Trinajstić information content (AvgIpc) is 2.57. The van der Waals surface area contributed by atoms with Crippen LogP contribution < -0.4 is 14.8 Å². The van der Waals surface area contributed by atoms with Gasteiger partial charge in [-0.1, -0.05) is 29.8 Å². The first kappa shape index (κ1) is 20.2. The Balaban J connectivity index is 2.16. The highest BCUT2D eigenvalue weighted by molar-refractivity contribution is 7.89. The second kappa shape index (κ2) is 8.07. The molecule has 0 aliphatic carbocycles. The number of sulfonamides is 1. The zero-order valence-electron chi connectivity index (χ0n) is 15.0. The predicted molar refractivity (Wildman–Crippen MR) is 102 cm³/mol. The molecule has 0 spiro atoms. The zero-order chi connectivity index (χ0) is 19.5. The molecule has 26 heavy (non-hydrogen) atoms. The second-order valence-corrected chi connectivity index (χ2v) is 8.02. The van der Waals surface area contributed by atoms with Crippen molar-refractivity contribution in [1.29, 1.82) is 0 Å². The molecule has 0 heterocycles. The Bertz CT molecular complexity index is 909. The standard InChI is InChI=1S/C18H21ClN2O4S/c1-11-6-5-7-12(2)17(11)20-18(22)13(3)21-26(23,24)14-8-9-16(25-4)15(19)10-14/h5-10,13,21H,1-4H3,(H,20,22)/t13-/m1/s1. The highest BCUT2D eigenvalue weighted by atomic mass is 35.5. The van der Waals surface area contributed by atoms with Crippen LogP contribution in [0.15, 0.2) is 41.3 Å². The smallest absolute Gasteiger partial charge is 0.242 e. The first-order valence-corrected chi connectivity index (χ1v) is 9.74. The molecule has 140 valence electrons. The summed E-state index contributed by atoms with van der Waals surface area (Å²) in [6.45, 7) is 5.22. The van der Waals surface area contributed by atoms with Gasteiger partial charge in [-0.25, -0.2) is 8.42 Å². The molecule has 0 bridgehead atoms. The van der Waals surface area contributed by atoms with Crippen molar-refractivity contribution in [3.8, 4) is 5.75 Å². The fraction of sp³-hybridized carbons (Fsp3) is 0.278. The van der Waals surface area contributed by atoms with Gasteiger partial charge in [0.25, 0.3) is 0 Å². The summed E-state index contributed by atoms with van der Waals surface area (Å²) in [6.07, 6.45) is 0. The number of benzene rings is 2. The summed E-state index contributed by atoms with van der Waals surface area (Å²) in [5.41, 5.74) is 2.47. The predicted octanol–water partition coefficient (Wildman–Crippen LogP) is 3.27. The number of nitrogens with one attached hydrogen (secondary N) is 2. The van der Waals surface area contributed by atoms with Crippen LogP contribution in [0.3, 0.4) is 0 Å². The lowest BCUT2D eigenvalue weighted by Gasteiger charge is -2.17. The van der Waals surface area contributed by atoms with Gasteiger partial charge < -0.3 is 10.1 Å². The number of amides is 1. The van der Waals surface area contributed by atoms with E-state index in [1.807, 2.05) is 32.0 Å². The van der Waals surface area contributed by atoms with Crippen LogP contribution in [0.4, 0.5) is 5.69 Å². The third-order valence-electron chi connectivity index (χ3n) is 3.89.